The Kier molecular flexibility index (Phi) is 19.0. The number of hydrogen-bond acceptors (Lipinski definition) is 11. The minimum atomic E-state index is -1.17. The Bertz CT molecular complexity index is 1520. The van der Waals surface area contributed by atoms with Crippen molar-refractivity contribution in [2.24, 2.45) is 11.8 Å². The van der Waals surface area contributed by atoms with Crippen molar-refractivity contribution in [1.29, 1.82) is 0 Å². The molecule has 59 heavy (non-hydrogen) atoms. The van der Waals surface area contributed by atoms with Gasteiger partial charge in [-0.15, -0.1) is 0 Å². The van der Waals surface area contributed by atoms with Gasteiger partial charge in [0.2, 0.25) is 0 Å². The van der Waals surface area contributed by atoms with E-state index in [0.29, 0.717) is 49.0 Å². The van der Waals surface area contributed by atoms with E-state index in [0.717, 1.165) is 32.2 Å². The van der Waals surface area contributed by atoms with Crippen LogP contribution in [0.25, 0.3) is 0 Å². The van der Waals surface area contributed by atoms with E-state index in [1.165, 1.54) is 17.1 Å². The highest BCUT2D eigenvalue weighted by atomic mass is 16.6. The fourth-order valence-corrected chi connectivity index (χ4v) is 7.65. The predicted octanol–water partition coefficient (Wildman–Crippen LogP) is 4.86. The molecule has 3 aliphatic heterocycles. The van der Waals surface area contributed by atoms with Crippen LogP contribution >= 0.6 is 0 Å². The molecule has 0 aromatic carbocycles. The van der Waals surface area contributed by atoms with E-state index in [2.05, 4.69) is 14.1 Å². The number of allylic oxidation sites excluding steroid dienone is 2. The lowest BCUT2D eigenvalue weighted by molar-refractivity contribution is -0.889. The number of carbonyl (C=O) groups excluding carboxylic acids is 4. The van der Waals surface area contributed by atoms with Crippen LogP contribution in [0.2, 0.25) is 0 Å². The van der Waals surface area contributed by atoms with Crippen molar-refractivity contribution in [1.82, 2.24) is 9.80 Å². The minimum Gasteiger partial charge on any atom is -0.457 e. The Balaban J connectivity index is 1.63. The van der Waals surface area contributed by atoms with Gasteiger partial charge in [0, 0.05) is 51.1 Å². The Morgan fingerprint density at radius 3 is 2.44 bits per heavy atom. The number of aliphatic hydroxyl groups is 3. The van der Waals surface area contributed by atoms with E-state index in [1.54, 1.807) is 50.3 Å². The van der Waals surface area contributed by atoms with Gasteiger partial charge in [-0.05, 0) is 70.9 Å². The third kappa shape index (κ3) is 15.9. The maximum Gasteiger partial charge on any atom is 0.410 e. The number of likely N-dealkylation sites (N-methyl/N-ethyl adjacent to an activating group) is 2. The molecule has 0 aliphatic carbocycles. The molecule has 1 fully saturated rings. The van der Waals surface area contributed by atoms with Crippen LogP contribution < -0.4 is 0 Å². The van der Waals surface area contributed by atoms with Gasteiger partial charge in [-0.25, -0.2) is 4.79 Å². The topological polar surface area (TPSA) is 176 Å². The van der Waals surface area contributed by atoms with Crippen LogP contribution in [-0.2, 0) is 33.3 Å². The highest BCUT2D eigenvalue weighted by Gasteiger charge is 2.47. The number of ether oxygens (including phenoxy) is 4. The number of nitrogens with zero attached hydrogens (tertiary/aromatic N) is 3. The molecule has 3 amide bonds. The molecule has 10 atom stereocenters. The van der Waals surface area contributed by atoms with Gasteiger partial charge >= 0.3 is 12.1 Å². The molecule has 3 aliphatic rings. The number of hydrogen-bond donors (Lipinski definition) is 3. The van der Waals surface area contributed by atoms with Crippen molar-refractivity contribution in [3.63, 3.8) is 0 Å². The van der Waals surface area contributed by atoms with Gasteiger partial charge in [0.1, 0.15) is 11.7 Å². The van der Waals surface area contributed by atoms with Crippen molar-refractivity contribution >= 4 is 23.9 Å². The van der Waals surface area contributed by atoms with Gasteiger partial charge in [0.15, 0.2) is 6.10 Å². The van der Waals surface area contributed by atoms with Crippen LogP contribution in [0.5, 0.6) is 0 Å². The van der Waals surface area contributed by atoms with E-state index >= 15 is 0 Å². The van der Waals surface area contributed by atoms with Crippen molar-refractivity contribution in [2.45, 2.75) is 147 Å². The number of quaternary nitrogens is 1. The highest BCUT2D eigenvalue weighted by molar-refractivity contribution is 6.12. The van der Waals surface area contributed by atoms with Gasteiger partial charge in [-0.2, -0.15) is 0 Å². The summed E-state index contributed by atoms with van der Waals surface area (Å²) in [6.07, 6.45) is 12.6. The zero-order valence-electron chi connectivity index (χ0n) is 37.3. The summed E-state index contributed by atoms with van der Waals surface area (Å²) in [5, 5.41) is 32.2. The van der Waals surface area contributed by atoms with Gasteiger partial charge < -0.3 is 43.6 Å². The summed E-state index contributed by atoms with van der Waals surface area (Å²) in [6.45, 7) is 13.6. The van der Waals surface area contributed by atoms with Gasteiger partial charge in [0.25, 0.3) is 11.8 Å². The molecule has 3 N–H and O–H groups in total. The lowest BCUT2D eigenvalue weighted by Crippen LogP contribution is -2.49. The molecule has 0 aromatic heterocycles. The summed E-state index contributed by atoms with van der Waals surface area (Å²) in [5.41, 5.74) is -1.47. The number of methoxy groups -OCH3 is 1. The molecule has 3 heterocycles. The first kappa shape index (κ1) is 50.0. The highest BCUT2D eigenvalue weighted by Crippen LogP contribution is 2.38. The molecule has 14 nitrogen and oxygen atoms in total. The fourth-order valence-electron chi connectivity index (χ4n) is 7.65. The van der Waals surface area contributed by atoms with Crippen LogP contribution in [-0.4, -0.2) is 156 Å². The zero-order valence-corrected chi connectivity index (χ0v) is 37.3. The third-order valence-corrected chi connectivity index (χ3v) is 12.2. The molecule has 1 saturated heterocycles. The fraction of sp³-hybridized carbons (Fsp3) is 0.733. The number of imide groups is 1. The van der Waals surface area contributed by atoms with Gasteiger partial charge in [-0.1, -0.05) is 51.5 Å². The summed E-state index contributed by atoms with van der Waals surface area (Å²) in [4.78, 5) is 53.0. The smallest absolute Gasteiger partial charge is 0.410 e. The first-order valence-corrected chi connectivity index (χ1v) is 21.4. The minimum absolute atomic E-state index is 0.0224. The molecule has 0 bridgehead atoms. The Labute approximate surface area is 352 Å². The standard InChI is InChI=1S/C45H74N3O11/c1-11-35(50)33(4)42-36(57-42)30-44(5,55)23-16-17-31(2)41-32(3)18-19-37(45(6,56-10)24-22-34(49)29-40(53)59-41)58-43(54)46(7)26-28-48(8,9)27-15-13-12-14-25-47-38(51)20-21-39(47)52/h16-21,23,32-37,41-42,49-50,55H,11-15,22,24-30H2,1-10H3/q+1/b19-18+,23-16+,31-17+/t32-,33+,34+,35-,36+,37?,41+,42+,44-,45+/m0/s1. The van der Waals surface area contributed by atoms with Crippen LogP contribution in [0, 0.1) is 11.8 Å². The van der Waals surface area contributed by atoms with E-state index in [4.69, 9.17) is 18.9 Å². The van der Waals surface area contributed by atoms with E-state index in [1.807, 2.05) is 40.7 Å². The predicted molar refractivity (Wildman–Crippen MR) is 225 cm³/mol. The Morgan fingerprint density at radius 1 is 1.14 bits per heavy atom. The van der Waals surface area contributed by atoms with Crippen molar-refractivity contribution in [3.05, 3.63) is 48.1 Å². The van der Waals surface area contributed by atoms with Crippen molar-refractivity contribution in [2.75, 3.05) is 54.4 Å². The molecule has 0 radical (unpaired) electrons. The first-order valence-electron chi connectivity index (χ1n) is 21.4. The summed E-state index contributed by atoms with van der Waals surface area (Å²) < 4.78 is 24.5. The summed E-state index contributed by atoms with van der Waals surface area (Å²) >= 11 is 0. The molecule has 1 unspecified atom stereocenters. The average molecular weight is 833 g/mol. The second-order valence-electron chi connectivity index (χ2n) is 18.1. The van der Waals surface area contributed by atoms with Gasteiger partial charge in [0.05, 0.1) is 70.2 Å². The zero-order chi connectivity index (χ0) is 44.1. The number of amides is 3. The maximum absolute atomic E-state index is 13.6. The number of epoxide rings is 1. The quantitative estimate of drug-likeness (QED) is 0.0291. The number of aliphatic hydroxyl groups excluding tert-OH is 2. The van der Waals surface area contributed by atoms with Crippen molar-refractivity contribution < 1.29 is 57.9 Å². The molecule has 0 spiro atoms. The van der Waals surface area contributed by atoms with Crippen LogP contribution in [0.15, 0.2) is 48.1 Å². The van der Waals surface area contributed by atoms with E-state index < -0.39 is 47.7 Å². The number of carbonyl (C=O) groups is 4. The largest absolute Gasteiger partial charge is 0.457 e. The molecular weight excluding hydrogens is 759 g/mol. The first-order chi connectivity index (χ1) is 27.6. The molecule has 334 valence electrons. The Hall–Kier alpha value is -3.40. The molecule has 14 heteroatoms. The summed E-state index contributed by atoms with van der Waals surface area (Å²) in [5.74, 6) is -1.42. The van der Waals surface area contributed by atoms with Crippen LogP contribution in [0.4, 0.5) is 4.79 Å². The summed E-state index contributed by atoms with van der Waals surface area (Å²) in [6, 6.07) is 0. The van der Waals surface area contributed by atoms with E-state index in [-0.39, 0.29) is 48.7 Å². The van der Waals surface area contributed by atoms with Gasteiger partial charge in [-0.3, -0.25) is 19.3 Å². The lowest BCUT2D eigenvalue weighted by Gasteiger charge is -2.37. The lowest BCUT2D eigenvalue weighted by atomic mass is 9.88. The third-order valence-electron chi connectivity index (χ3n) is 12.2. The van der Waals surface area contributed by atoms with Crippen molar-refractivity contribution in [3.8, 4) is 0 Å². The number of cyclic esters (lactones) is 1. The number of unbranched alkanes of at least 4 members (excludes halogenated alkanes) is 3. The second-order valence-corrected chi connectivity index (χ2v) is 18.1. The Morgan fingerprint density at radius 2 is 1.80 bits per heavy atom. The van der Waals surface area contributed by atoms with E-state index in [9.17, 15) is 34.5 Å². The number of esters is 1. The molecular formula is C45H74N3O11+. The summed E-state index contributed by atoms with van der Waals surface area (Å²) in [7, 11) is 7.48. The SMILES string of the molecule is CC[C@H](O)[C@@H](C)[C@H]1O[C@@H]1C[C@@](C)(O)/C=C/C=C(\C)[C@H]1OC(=O)C[C@H](O)CC[C@@](C)(OC)C(OC(=O)N(C)CC[N+](C)(C)CCCCCCN2C(=O)C=CC2=O)/C=C/[C@@H]1C. The average Bonchev–Trinajstić information content (AvgIpc) is 3.86. The molecule has 0 saturated carbocycles. The maximum atomic E-state index is 13.6. The van der Waals surface area contributed by atoms with Crippen LogP contribution in [0.3, 0.4) is 0 Å². The normalized spacial score (nSPS) is 29.7. The van der Waals surface area contributed by atoms with Crippen LogP contribution in [0.1, 0.15) is 99.3 Å². The second kappa shape index (κ2) is 22.4. The molecule has 0 aromatic rings. The molecule has 3 rings (SSSR count). The monoisotopic (exact) mass is 833 g/mol. The number of rotatable bonds is 20.